The van der Waals surface area contributed by atoms with Crippen LogP contribution >= 0.6 is 0 Å². The van der Waals surface area contributed by atoms with Crippen molar-refractivity contribution >= 4 is 16.8 Å². The van der Waals surface area contributed by atoms with Crippen molar-refractivity contribution in [3.05, 3.63) is 28.7 Å². The van der Waals surface area contributed by atoms with Crippen LogP contribution in [0.3, 0.4) is 0 Å². The number of hydrogen-bond acceptors (Lipinski definition) is 5. The van der Waals surface area contributed by atoms with Gasteiger partial charge in [0.1, 0.15) is 0 Å². The first kappa shape index (κ1) is 10.7. The Morgan fingerprint density at radius 1 is 1.38 bits per heavy atom. The SMILES string of the molecule is O=c1[nH]c2cc(NC(CO)CO)ccc2o1. The quantitative estimate of drug-likeness (QED) is 0.580. The van der Waals surface area contributed by atoms with E-state index in [-0.39, 0.29) is 13.2 Å². The van der Waals surface area contributed by atoms with Crippen LogP contribution in [-0.2, 0) is 0 Å². The number of fused-ring (bicyclic) bond motifs is 1. The number of oxazole rings is 1. The summed E-state index contributed by atoms with van der Waals surface area (Å²) in [5.41, 5.74) is 1.74. The van der Waals surface area contributed by atoms with E-state index in [2.05, 4.69) is 10.3 Å². The Hall–Kier alpha value is -1.79. The Morgan fingerprint density at radius 2 is 2.12 bits per heavy atom. The normalized spacial score (nSPS) is 11.2. The lowest BCUT2D eigenvalue weighted by molar-refractivity contribution is 0.204. The minimum atomic E-state index is -0.506. The van der Waals surface area contributed by atoms with Crippen molar-refractivity contribution in [2.24, 2.45) is 0 Å². The number of aliphatic hydroxyl groups excluding tert-OH is 2. The van der Waals surface area contributed by atoms with Gasteiger partial charge < -0.3 is 19.9 Å². The summed E-state index contributed by atoms with van der Waals surface area (Å²) in [4.78, 5) is 13.4. The first-order valence-electron chi connectivity index (χ1n) is 4.84. The molecule has 0 bridgehead atoms. The van der Waals surface area contributed by atoms with Crippen LogP contribution in [0.25, 0.3) is 11.1 Å². The number of anilines is 1. The molecule has 2 rings (SSSR count). The van der Waals surface area contributed by atoms with Crippen LogP contribution in [0, 0.1) is 0 Å². The standard InChI is InChI=1S/C10H12N2O4/c13-4-7(5-14)11-6-1-2-9-8(3-6)12-10(15)16-9/h1-3,7,11,13-14H,4-5H2,(H,12,15). The van der Waals surface area contributed by atoms with Gasteiger partial charge in [-0.05, 0) is 18.2 Å². The summed E-state index contributed by atoms with van der Waals surface area (Å²) in [7, 11) is 0. The summed E-state index contributed by atoms with van der Waals surface area (Å²) in [6, 6.07) is 4.60. The topological polar surface area (TPSA) is 98.5 Å². The Balaban J connectivity index is 2.28. The zero-order valence-electron chi connectivity index (χ0n) is 8.43. The molecule has 0 spiro atoms. The van der Waals surface area contributed by atoms with E-state index in [1.807, 2.05) is 0 Å². The molecule has 0 aliphatic heterocycles. The molecule has 1 aromatic carbocycles. The third kappa shape index (κ3) is 2.07. The molecule has 1 heterocycles. The number of nitrogens with one attached hydrogen (secondary N) is 2. The third-order valence-corrected chi connectivity index (χ3v) is 2.23. The van der Waals surface area contributed by atoms with Gasteiger partial charge in [-0.3, -0.25) is 4.98 Å². The van der Waals surface area contributed by atoms with Gasteiger partial charge in [0.15, 0.2) is 5.58 Å². The van der Waals surface area contributed by atoms with Crippen molar-refractivity contribution in [1.29, 1.82) is 0 Å². The largest absolute Gasteiger partial charge is 0.417 e. The summed E-state index contributed by atoms with van der Waals surface area (Å²) in [5.74, 6) is -0.506. The van der Waals surface area contributed by atoms with Crippen LogP contribution in [0.4, 0.5) is 5.69 Å². The molecule has 0 unspecified atom stereocenters. The van der Waals surface area contributed by atoms with Crippen LogP contribution in [0.15, 0.2) is 27.4 Å². The number of H-pyrrole nitrogens is 1. The second-order valence-electron chi connectivity index (χ2n) is 3.43. The van der Waals surface area contributed by atoms with Crippen molar-refractivity contribution in [1.82, 2.24) is 4.98 Å². The number of aromatic nitrogens is 1. The lowest BCUT2D eigenvalue weighted by Crippen LogP contribution is -2.27. The summed E-state index contributed by atoms with van der Waals surface area (Å²) in [5, 5.41) is 20.7. The van der Waals surface area contributed by atoms with E-state index in [1.165, 1.54) is 0 Å². The highest BCUT2D eigenvalue weighted by atomic mass is 16.4. The fourth-order valence-corrected chi connectivity index (χ4v) is 1.43. The molecule has 0 saturated carbocycles. The average Bonchev–Trinajstić information content (AvgIpc) is 2.65. The molecule has 0 radical (unpaired) electrons. The van der Waals surface area contributed by atoms with E-state index in [1.54, 1.807) is 18.2 Å². The van der Waals surface area contributed by atoms with Crippen molar-refractivity contribution in [2.75, 3.05) is 18.5 Å². The molecule has 16 heavy (non-hydrogen) atoms. The molecule has 0 fully saturated rings. The first-order valence-corrected chi connectivity index (χ1v) is 4.84. The van der Waals surface area contributed by atoms with E-state index < -0.39 is 11.8 Å². The molecular weight excluding hydrogens is 212 g/mol. The minimum absolute atomic E-state index is 0.170. The molecule has 0 amide bonds. The maximum Gasteiger partial charge on any atom is 0.417 e. The van der Waals surface area contributed by atoms with Gasteiger partial charge in [0.05, 0.1) is 24.8 Å². The highest BCUT2D eigenvalue weighted by Crippen LogP contribution is 2.16. The molecular formula is C10H12N2O4. The van der Waals surface area contributed by atoms with Gasteiger partial charge in [-0.25, -0.2) is 4.79 Å². The molecule has 2 aromatic rings. The number of aromatic amines is 1. The molecule has 0 saturated heterocycles. The maximum absolute atomic E-state index is 10.9. The lowest BCUT2D eigenvalue weighted by atomic mass is 10.2. The van der Waals surface area contributed by atoms with Gasteiger partial charge in [0, 0.05) is 5.69 Å². The average molecular weight is 224 g/mol. The highest BCUT2D eigenvalue weighted by Gasteiger charge is 2.07. The van der Waals surface area contributed by atoms with Gasteiger partial charge >= 0.3 is 5.76 Å². The summed E-state index contributed by atoms with van der Waals surface area (Å²) < 4.78 is 4.84. The maximum atomic E-state index is 10.9. The molecule has 4 N–H and O–H groups in total. The van der Waals surface area contributed by atoms with Crippen molar-refractivity contribution in [3.63, 3.8) is 0 Å². The van der Waals surface area contributed by atoms with E-state index in [0.717, 1.165) is 0 Å². The fraction of sp³-hybridized carbons (Fsp3) is 0.300. The zero-order chi connectivity index (χ0) is 11.5. The molecule has 6 nitrogen and oxygen atoms in total. The Bertz CT molecular complexity index is 527. The van der Waals surface area contributed by atoms with Gasteiger partial charge in [-0.1, -0.05) is 0 Å². The van der Waals surface area contributed by atoms with Crippen molar-refractivity contribution in [3.8, 4) is 0 Å². The molecule has 6 heteroatoms. The van der Waals surface area contributed by atoms with Crippen LogP contribution in [0.2, 0.25) is 0 Å². The van der Waals surface area contributed by atoms with Crippen LogP contribution in [0.1, 0.15) is 0 Å². The monoisotopic (exact) mass is 224 g/mol. The molecule has 0 aliphatic carbocycles. The van der Waals surface area contributed by atoms with Crippen molar-refractivity contribution in [2.45, 2.75) is 6.04 Å². The molecule has 0 atom stereocenters. The molecule has 1 aromatic heterocycles. The number of hydrogen-bond donors (Lipinski definition) is 4. The Kier molecular flexibility index (Phi) is 2.93. The fourth-order valence-electron chi connectivity index (χ4n) is 1.43. The number of benzene rings is 1. The lowest BCUT2D eigenvalue weighted by Gasteiger charge is -2.14. The second kappa shape index (κ2) is 4.38. The molecule has 86 valence electrons. The van der Waals surface area contributed by atoms with E-state index in [4.69, 9.17) is 14.6 Å². The van der Waals surface area contributed by atoms with Gasteiger partial charge in [-0.2, -0.15) is 0 Å². The van der Waals surface area contributed by atoms with Gasteiger partial charge in [0.2, 0.25) is 0 Å². The van der Waals surface area contributed by atoms with Crippen LogP contribution < -0.4 is 11.1 Å². The Morgan fingerprint density at radius 3 is 2.81 bits per heavy atom. The van der Waals surface area contributed by atoms with E-state index in [9.17, 15) is 4.79 Å². The zero-order valence-corrected chi connectivity index (χ0v) is 8.43. The smallest absolute Gasteiger partial charge is 0.408 e. The predicted octanol–water partition coefficient (Wildman–Crippen LogP) is -0.114. The minimum Gasteiger partial charge on any atom is -0.408 e. The van der Waals surface area contributed by atoms with E-state index >= 15 is 0 Å². The highest BCUT2D eigenvalue weighted by molar-refractivity contribution is 5.76. The van der Waals surface area contributed by atoms with Gasteiger partial charge in [-0.15, -0.1) is 0 Å². The second-order valence-corrected chi connectivity index (χ2v) is 3.43. The van der Waals surface area contributed by atoms with Crippen molar-refractivity contribution < 1.29 is 14.6 Å². The third-order valence-electron chi connectivity index (χ3n) is 2.23. The summed E-state index contributed by atoms with van der Waals surface area (Å²) in [6.07, 6.45) is 0. The summed E-state index contributed by atoms with van der Waals surface area (Å²) >= 11 is 0. The van der Waals surface area contributed by atoms with Crippen LogP contribution in [-0.4, -0.2) is 34.5 Å². The number of rotatable bonds is 4. The van der Waals surface area contributed by atoms with E-state index in [0.29, 0.717) is 16.8 Å². The number of aliphatic hydroxyl groups is 2. The molecule has 0 aliphatic rings. The van der Waals surface area contributed by atoms with Crippen LogP contribution in [0.5, 0.6) is 0 Å². The van der Waals surface area contributed by atoms with Gasteiger partial charge in [0.25, 0.3) is 0 Å². The Labute approximate surface area is 90.5 Å². The first-order chi connectivity index (χ1) is 7.72. The predicted molar refractivity (Wildman–Crippen MR) is 58.4 cm³/mol. The summed E-state index contributed by atoms with van der Waals surface area (Å²) in [6.45, 7) is -0.340.